The van der Waals surface area contributed by atoms with Gasteiger partial charge in [0.25, 0.3) is 0 Å². The molecule has 1 fully saturated rings. The Balaban J connectivity index is 1.80. The topological polar surface area (TPSA) is 72.2 Å². The van der Waals surface area contributed by atoms with E-state index in [1.807, 2.05) is 29.6 Å². The molecule has 0 spiro atoms. The molecule has 0 atom stereocenters. The summed E-state index contributed by atoms with van der Waals surface area (Å²) in [4.78, 5) is 24.0. The van der Waals surface area contributed by atoms with Crippen LogP contribution in [0.25, 0.3) is 10.4 Å². The van der Waals surface area contributed by atoms with Gasteiger partial charge >= 0.3 is 0 Å². The molecular formula is C15H14N2O2S. The Bertz CT molecular complexity index is 657. The molecule has 0 aliphatic heterocycles. The number of nitrogens with one attached hydrogen (secondary N) is 1. The minimum absolute atomic E-state index is 0.125. The molecule has 1 aromatic heterocycles. The Morgan fingerprint density at radius 1 is 1.30 bits per heavy atom. The first-order valence-corrected chi connectivity index (χ1v) is 7.27. The molecule has 2 aromatic rings. The number of nitrogen functional groups attached to an aromatic ring is 1. The highest BCUT2D eigenvalue weighted by Gasteiger charge is 2.32. The van der Waals surface area contributed by atoms with Crippen LogP contribution in [0, 0.1) is 5.92 Å². The summed E-state index contributed by atoms with van der Waals surface area (Å²) in [6.07, 6.45) is 0.687. The third-order valence-corrected chi connectivity index (χ3v) is 4.35. The van der Waals surface area contributed by atoms with Gasteiger partial charge in [-0.25, -0.2) is 0 Å². The van der Waals surface area contributed by atoms with Crippen LogP contribution in [-0.2, 0) is 9.59 Å². The molecule has 20 heavy (non-hydrogen) atoms. The number of Topliss-reactive ketones (excluding diaryl/α,β-unsaturated/α-hetero) is 1. The standard InChI is InChI=1S/C15H14N2O2S/c16-12-4-3-9(14-2-1-5-20-14)8-13(12)17-15(19)10-6-11(18)7-10/h1-5,8,10H,6-7,16H2,(H,17,19). The van der Waals surface area contributed by atoms with Crippen LogP contribution in [0.1, 0.15) is 12.8 Å². The van der Waals surface area contributed by atoms with Crippen molar-refractivity contribution in [2.75, 3.05) is 11.1 Å². The fraction of sp³-hybridized carbons (Fsp3) is 0.200. The van der Waals surface area contributed by atoms with Crippen LogP contribution in [0.4, 0.5) is 11.4 Å². The number of ketones is 1. The number of carbonyl (C=O) groups is 2. The normalized spacial score (nSPS) is 14.9. The molecule has 3 rings (SSSR count). The zero-order valence-corrected chi connectivity index (χ0v) is 11.6. The number of benzene rings is 1. The number of hydrogen-bond donors (Lipinski definition) is 2. The highest BCUT2D eigenvalue weighted by atomic mass is 32.1. The summed E-state index contributed by atoms with van der Waals surface area (Å²) in [7, 11) is 0. The van der Waals surface area contributed by atoms with Gasteiger partial charge in [-0.15, -0.1) is 11.3 Å². The second-order valence-electron chi connectivity index (χ2n) is 4.91. The van der Waals surface area contributed by atoms with Gasteiger partial charge in [-0.3, -0.25) is 9.59 Å². The lowest BCUT2D eigenvalue weighted by molar-refractivity contribution is -0.135. The largest absolute Gasteiger partial charge is 0.397 e. The van der Waals surface area contributed by atoms with Crippen molar-refractivity contribution < 1.29 is 9.59 Å². The van der Waals surface area contributed by atoms with Gasteiger partial charge in [0.05, 0.1) is 17.3 Å². The van der Waals surface area contributed by atoms with Crippen molar-refractivity contribution in [1.29, 1.82) is 0 Å². The lowest BCUT2D eigenvalue weighted by Gasteiger charge is -2.23. The summed E-state index contributed by atoms with van der Waals surface area (Å²) >= 11 is 1.63. The number of carbonyl (C=O) groups excluding carboxylic acids is 2. The maximum Gasteiger partial charge on any atom is 0.228 e. The fourth-order valence-corrected chi connectivity index (χ4v) is 2.89. The van der Waals surface area contributed by atoms with Crippen LogP contribution in [0.15, 0.2) is 35.7 Å². The Morgan fingerprint density at radius 2 is 2.10 bits per heavy atom. The molecule has 102 valence electrons. The van der Waals surface area contributed by atoms with Gasteiger partial charge in [0.2, 0.25) is 5.91 Å². The molecule has 0 radical (unpaired) electrons. The van der Waals surface area contributed by atoms with E-state index in [9.17, 15) is 9.59 Å². The van der Waals surface area contributed by atoms with E-state index in [1.165, 1.54) is 0 Å². The predicted molar refractivity (Wildman–Crippen MR) is 80.5 cm³/mol. The minimum Gasteiger partial charge on any atom is -0.397 e. The molecular weight excluding hydrogens is 272 g/mol. The molecule has 4 nitrogen and oxygen atoms in total. The van der Waals surface area contributed by atoms with E-state index in [0.29, 0.717) is 24.2 Å². The molecule has 1 aromatic carbocycles. The smallest absolute Gasteiger partial charge is 0.228 e. The second kappa shape index (κ2) is 5.09. The first-order chi connectivity index (χ1) is 9.63. The van der Waals surface area contributed by atoms with Crippen LogP contribution in [0.3, 0.4) is 0 Å². The number of thiophene rings is 1. The average molecular weight is 286 g/mol. The highest BCUT2D eigenvalue weighted by Crippen LogP contribution is 2.31. The van der Waals surface area contributed by atoms with E-state index in [1.54, 1.807) is 17.4 Å². The van der Waals surface area contributed by atoms with Crippen molar-refractivity contribution >= 4 is 34.4 Å². The summed E-state index contributed by atoms with van der Waals surface area (Å²) in [5, 5.41) is 4.83. The van der Waals surface area contributed by atoms with Gasteiger partial charge in [0.1, 0.15) is 5.78 Å². The number of rotatable bonds is 3. The molecule has 1 saturated carbocycles. The van der Waals surface area contributed by atoms with Crippen LogP contribution in [0.2, 0.25) is 0 Å². The first kappa shape index (κ1) is 12.9. The van der Waals surface area contributed by atoms with E-state index in [4.69, 9.17) is 5.73 Å². The van der Waals surface area contributed by atoms with Gasteiger partial charge in [0, 0.05) is 17.7 Å². The van der Waals surface area contributed by atoms with E-state index in [2.05, 4.69) is 5.32 Å². The van der Waals surface area contributed by atoms with Gasteiger partial charge in [-0.1, -0.05) is 12.1 Å². The van der Waals surface area contributed by atoms with Crippen LogP contribution < -0.4 is 11.1 Å². The molecule has 3 N–H and O–H groups in total. The molecule has 1 amide bonds. The van der Waals surface area contributed by atoms with Crippen LogP contribution in [-0.4, -0.2) is 11.7 Å². The zero-order chi connectivity index (χ0) is 14.1. The quantitative estimate of drug-likeness (QED) is 0.852. The monoisotopic (exact) mass is 286 g/mol. The van der Waals surface area contributed by atoms with Gasteiger partial charge in [-0.05, 0) is 29.1 Å². The Morgan fingerprint density at radius 3 is 2.75 bits per heavy atom. The lowest BCUT2D eigenvalue weighted by Crippen LogP contribution is -2.34. The maximum absolute atomic E-state index is 12.0. The van der Waals surface area contributed by atoms with Crippen molar-refractivity contribution in [1.82, 2.24) is 0 Å². The van der Waals surface area contributed by atoms with Gasteiger partial charge in [-0.2, -0.15) is 0 Å². The molecule has 0 bridgehead atoms. The Hall–Kier alpha value is -2.14. The van der Waals surface area contributed by atoms with Crippen molar-refractivity contribution in [2.24, 2.45) is 5.92 Å². The van der Waals surface area contributed by atoms with E-state index in [-0.39, 0.29) is 17.6 Å². The molecule has 0 unspecified atom stereocenters. The summed E-state index contributed by atoms with van der Waals surface area (Å²) in [5.74, 6) is -0.183. The fourth-order valence-electron chi connectivity index (χ4n) is 2.17. The van der Waals surface area contributed by atoms with Crippen LogP contribution in [0.5, 0.6) is 0 Å². The Labute approximate surface area is 120 Å². The third kappa shape index (κ3) is 2.44. The molecule has 1 aliphatic rings. The van der Waals surface area contributed by atoms with Crippen LogP contribution >= 0.6 is 11.3 Å². The summed E-state index contributed by atoms with van der Waals surface area (Å²) in [6.45, 7) is 0. The number of anilines is 2. The zero-order valence-electron chi connectivity index (χ0n) is 10.8. The number of amides is 1. The molecule has 5 heteroatoms. The van der Waals surface area contributed by atoms with Crippen molar-refractivity contribution in [3.05, 3.63) is 35.7 Å². The van der Waals surface area contributed by atoms with Crippen molar-refractivity contribution in [2.45, 2.75) is 12.8 Å². The first-order valence-electron chi connectivity index (χ1n) is 6.39. The average Bonchev–Trinajstić information content (AvgIpc) is 2.91. The molecule has 1 aliphatic carbocycles. The second-order valence-corrected chi connectivity index (χ2v) is 5.86. The SMILES string of the molecule is Nc1ccc(-c2cccs2)cc1NC(=O)C1CC(=O)C1. The van der Waals surface area contributed by atoms with E-state index < -0.39 is 0 Å². The predicted octanol–water partition coefficient (Wildman–Crippen LogP) is 2.91. The molecule has 0 saturated heterocycles. The van der Waals surface area contributed by atoms with Gasteiger partial charge < -0.3 is 11.1 Å². The summed E-state index contributed by atoms with van der Waals surface area (Å²) in [5.41, 5.74) is 8.07. The molecule has 1 heterocycles. The number of hydrogen-bond acceptors (Lipinski definition) is 4. The summed E-state index contributed by atoms with van der Waals surface area (Å²) < 4.78 is 0. The minimum atomic E-state index is -0.202. The van der Waals surface area contributed by atoms with E-state index in [0.717, 1.165) is 10.4 Å². The van der Waals surface area contributed by atoms with Gasteiger partial charge in [0.15, 0.2) is 0 Å². The highest BCUT2D eigenvalue weighted by molar-refractivity contribution is 7.13. The summed E-state index contributed by atoms with van der Waals surface area (Å²) in [6, 6.07) is 9.60. The van der Waals surface area contributed by atoms with E-state index >= 15 is 0 Å². The van der Waals surface area contributed by atoms with Crippen molar-refractivity contribution in [3.63, 3.8) is 0 Å². The lowest BCUT2D eigenvalue weighted by atomic mass is 9.83. The maximum atomic E-state index is 12.0. The number of nitrogens with two attached hydrogens (primary N) is 1. The Kier molecular flexibility index (Phi) is 3.28. The van der Waals surface area contributed by atoms with Crippen molar-refractivity contribution in [3.8, 4) is 10.4 Å². The third-order valence-electron chi connectivity index (χ3n) is 3.44.